The molecule has 0 bridgehead atoms. The summed E-state index contributed by atoms with van der Waals surface area (Å²) in [5, 5.41) is 21.4. The maximum Gasteiger partial charge on any atom is 0.0462 e. The quantitative estimate of drug-likeness (QED) is 0.553. The molecule has 1 aliphatic carbocycles. The second-order valence-electron chi connectivity index (χ2n) is 4.98. The van der Waals surface area contributed by atoms with Crippen molar-refractivity contribution in [2.24, 2.45) is 11.8 Å². The monoisotopic (exact) mass is 229 g/mol. The van der Waals surface area contributed by atoms with Gasteiger partial charge in [0.25, 0.3) is 0 Å². The molecule has 96 valence electrons. The molecule has 3 heteroatoms. The zero-order valence-corrected chi connectivity index (χ0v) is 10.3. The van der Waals surface area contributed by atoms with Gasteiger partial charge in [0.05, 0.1) is 0 Å². The molecule has 1 aliphatic rings. The fourth-order valence-corrected chi connectivity index (χ4v) is 2.62. The second kappa shape index (κ2) is 8.97. The molecule has 2 unspecified atom stereocenters. The van der Waals surface area contributed by atoms with Crippen LogP contribution in [0.3, 0.4) is 0 Å². The maximum absolute atomic E-state index is 9.28. The van der Waals surface area contributed by atoms with Crippen molar-refractivity contribution in [1.29, 1.82) is 0 Å². The minimum Gasteiger partial charge on any atom is -0.396 e. The average molecular weight is 229 g/mol. The van der Waals surface area contributed by atoms with Gasteiger partial charge in [0, 0.05) is 13.2 Å². The van der Waals surface area contributed by atoms with Gasteiger partial charge >= 0.3 is 0 Å². The van der Waals surface area contributed by atoms with Gasteiger partial charge in [-0.15, -0.1) is 0 Å². The van der Waals surface area contributed by atoms with Crippen molar-refractivity contribution >= 4 is 0 Å². The minimum absolute atomic E-state index is 0.315. The lowest BCUT2D eigenvalue weighted by atomic mass is 9.79. The molecule has 0 aromatic rings. The first-order valence-corrected chi connectivity index (χ1v) is 6.81. The third kappa shape index (κ3) is 5.28. The van der Waals surface area contributed by atoms with Crippen LogP contribution in [0.1, 0.15) is 44.9 Å². The molecule has 0 heterocycles. The van der Waals surface area contributed by atoms with Gasteiger partial charge in [-0.2, -0.15) is 0 Å². The predicted octanol–water partition coefficient (Wildman–Crippen LogP) is 1.54. The molecular weight excluding hydrogens is 202 g/mol. The Kier molecular flexibility index (Phi) is 7.81. The Morgan fingerprint density at radius 1 is 0.938 bits per heavy atom. The molecule has 1 rings (SSSR count). The van der Waals surface area contributed by atoms with E-state index in [1.807, 2.05) is 0 Å². The van der Waals surface area contributed by atoms with E-state index < -0.39 is 0 Å². The number of rotatable bonds is 8. The van der Waals surface area contributed by atoms with E-state index in [1.54, 1.807) is 0 Å². The van der Waals surface area contributed by atoms with Crippen molar-refractivity contribution in [3.63, 3.8) is 0 Å². The summed E-state index contributed by atoms with van der Waals surface area (Å²) in [6.07, 6.45) is 8.27. The summed E-state index contributed by atoms with van der Waals surface area (Å²) in [6.45, 7) is 2.78. The summed E-state index contributed by atoms with van der Waals surface area (Å²) in [5.74, 6) is 1.20. The highest BCUT2D eigenvalue weighted by atomic mass is 16.3. The lowest BCUT2D eigenvalue weighted by Gasteiger charge is -2.30. The van der Waals surface area contributed by atoms with Crippen molar-refractivity contribution in [3.05, 3.63) is 0 Å². The Balaban J connectivity index is 2.02. The van der Waals surface area contributed by atoms with E-state index in [2.05, 4.69) is 5.32 Å². The summed E-state index contributed by atoms with van der Waals surface area (Å²) in [4.78, 5) is 0. The van der Waals surface area contributed by atoms with E-state index in [-0.39, 0.29) is 0 Å². The summed E-state index contributed by atoms with van der Waals surface area (Å²) in [6, 6.07) is 0. The number of aliphatic hydroxyl groups excluding tert-OH is 2. The van der Waals surface area contributed by atoms with E-state index in [4.69, 9.17) is 5.11 Å². The third-order valence-electron chi connectivity index (χ3n) is 3.72. The molecule has 0 aliphatic heterocycles. The van der Waals surface area contributed by atoms with Crippen LogP contribution in [0.4, 0.5) is 0 Å². The molecule has 0 aromatic heterocycles. The molecule has 16 heavy (non-hydrogen) atoms. The molecule has 0 amide bonds. The van der Waals surface area contributed by atoms with Gasteiger partial charge in [0.2, 0.25) is 0 Å². The first kappa shape index (κ1) is 13.9. The van der Waals surface area contributed by atoms with Crippen LogP contribution >= 0.6 is 0 Å². The van der Waals surface area contributed by atoms with E-state index in [0.29, 0.717) is 25.0 Å². The average Bonchev–Trinajstić information content (AvgIpc) is 2.34. The highest BCUT2D eigenvalue weighted by Crippen LogP contribution is 2.28. The van der Waals surface area contributed by atoms with Gasteiger partial charge in [-0.05, 0) is 57.0 Å². The lowest BCUT2D eigenvalue weighted by Crippen LogP contribution is -2.32. The Hall–Kier alpha value is -0.120. The molecule has 3 nitrogen and oxygen atoms in total. The fraction of sp³-hybridized carbons (Fsp3) is 1.00. The van der Waals surface area contributed by atoms with Gasteiger partial charge in [0.15, 0.2) is 0 Å². The van der Waals surface area contributed by atoms with Crippen molar-refractivity contribution in [1.82, 2.24) is 5.32 Å². The number of unbranched alkanes of at least 4 members (excludes halogenated alkanes) is 2. The molecular formula is C13H27NO2. The van der Waals surface area contributed by atoms with Crippen molar-refractivity contribution < 1.29 is 10.2 Å². The van der Waals surface area contributed by atoms with E-state index >= 15 is 0 Å². The molecule has 0 aromatic carbocycles. The van der Waals surface area contributed by atoms with Gasteiger partial charge in [0.1, 0.15) is 0 Å². The summed E-state index contributed by atoms with van der Waals surface area (Å²) in [7, 11) is 0. The van der Waals surface area contributed by atoms with Gasteiger partial charge in [-0.25, -0.2) is 0 Å². The van der Waals surface area contributed by atoms with Crippen LogP contribution in [0.2, 0.25) is 0 Å². The Morgan fingerprint density at radius 2 is 1.69 bits per heavy atom. The predicted molar refractivity (Wildman–Crippen MR) is 66.3 cm³/mol. The van der Waals surface area contributed by atoms with Crippen LogP contribution < -0.4 is 5.32 Å². The largest absolute Gasteiger partial charge is 0.396 e. The number of hydrogen-bond donors (Lipinski definition) is 3. The van der Waals surface area contributed by atoms with Crippen LogP contribution in [-0.4, -0.2) is 36.5 Å². The van der Waals surface area contributed by atoms with Crippen LogP contribution in [0.5, 0.6) is 0 Å². The minimum atomic E-state index is 0.315. The first-order chi connectivity index (χ1) is 7.88. The normalized spacial score (nSPS) is 25.9. The van der Waals surface area contributed by atoms with Gasteiger partial charge in [-0.1, -0.05) is 12.8 Å². The molecule has 1 saturated carbocycles. The zero-order chi connectivity index (χ0) is 11.6. The molecule has 0 spiro atoms. The number of nitrogens with one attached hydrogen (secondary N) is 1. The highest BCUT2D eigenvalue weighted by molar-refractivity contribution is 4.76. The third-order valence-corrected chi connectivity index (χ3v) is 3.72. The number of aliphatic hydroxyl groups is 2. The standard InChI is InChI=1S/C13H27NO2/c15-9-5-1-4-8-14-10-12-6-2-3-7-13(12)11-16/h12-16H,1-11H2. The van der Waals surface area contributed by atoms with E-state index in [1.165, 1.54) is 25.7 Å². The first-order valence-electron chi connectivity index (χ1n) is 6.81. The Morgan fingerprint density at radius 3 is 2.38 bits per heavy atom. The van der Waals surface area contributed by atoms with Crippen LogP contribution in [-0.2, 0) is 0 Å². The topological polar surface area (TPSA) is 52.5 Å². The number of hydrogen-bond acceptors (Lipinski definition) is 3. The van der Waals surface area contributed by atoms with Crippen LogP contribution in [0, 0.1) is 11.8 Å². The Bertz CT molecular complexity index is 164. The van der Waals surface area contributed by atoms with Crippen molar-refractivity contribution in [2.75, 3.05) is 26.3 Å². The summed E-state index contributed by atoms with van der Waals surface area (Å²) < 4.78 is 0. The van der Waals surface area contributed by atoms with Gasteiger partial charge < -0.3 is 15.5 Å². The van der Waals surface area contributed by atoms with Crippen LogP contribution in [0.25, 0.3) is 0 Å². The fourth-order valence-electron chi connectivity index (χ4n) is 2.62. The smallest absolute Gasteiger partial charge is 0.0462 e. The summed E-state index contributed by atoms with van der Waals surface area (Å²) in [5.41, 5.74) is 0. The van der Waals surface area contributed by atoms with E-state index in [0.717, 1.165) is 32.4 Å². The van der Waals surface area contributed by atoms with Crippen molar-refractivity contribution in [3.8, 4) is 0 Å². The molecule has 2 atom stereocenters. The second-order valence-corrected chi connectivity index (χ2v) is 4.98. The molecule has 3 N–H and O–H groups in total. The van der Waals surface area contributed by atoms with Crippen molar-refractivity contribution in [2.45, 2.75) is 44.9 Å². The summed E-state index contributed by atoms with van der Waals surface area (Å²) >= 11 is 0. The molecule has 1 fully saturated rings. The molecule has 0 saturated heterocycles. The van der Waals surface area contributed by atoms with Gasteiger partial charge in [-0.3, -0.25) is 0 Å². The highest BCUT2D eigenvalue weighted by Gasteiger charge is 2.23. The Labute approximate surface area is 99.3 Å². The lowest BCUT2D eigenvalue weighted by molar-refractivity contribution is 0.133. The molecule has 0 radical (unpaired) electrons. The maximum atomic E-state index is 9.28. The van der Waals surface area contributed by atoms with Crippen LogP contribution in [0.15, 0.2) is 0 Å². The SMILES string of the molecule is OCCCCCNCC1CCCCC1CO. The van der Waals surface area contributed by atoms with E-state index in [9.17, 15) is 5.11 Å². The zero-order valence-electron chi connectivity index (χ0n) is 10.3.